The number of nitrogens with two attached hydrogens (primary N) is 1. The predicted molar refractivity (Wildman–Crippen MR) is 59.4 cm³/mol. The molecule has 0 aliphatic heterocycles. The Morgan fingerprint density at radius 3 is 2.93 bits per heavy atom. The van der Waals surface area contributed by atoms with Gasteiger partial charge in [0, 0.05) is 18.8 Å². The van der Waals surface area contributed by atoms with E-state index in [9.17, 15) is 0 Å². The maximum absolute atomic E-state index is 8.88. The zero-order valence-corrected chi connectivity index (χ0v) is 8.77. The van der Waals surface area contributed by atoms with Crippen LogP contribution in [0.1, 0.15) is 25.3 Å². The monoisotopic (exact) mass is 202 g/mol. The van der Waals surface area contributed by atoms with Crippen molar-refractivity contribution in [1.82, 2.24) is 4.98 Å². The van der Waals surface area contributed by atoms with Gasteiger partial charge in [0.1, 0.15) is 6.07 Å². The zero-order chi connectivity index (χ0) is 10.8. The maximum atomic E-state index is 8.88. The summed E-state index contributed by atoms with van der Waals surface area (Å²) in [6.45, 7) is 2.97. The van der Waals surface area contributed by atoms with E-state index >= 15 is 0 Å². The molecule has 4 heteroatoms. The van der Waals surface area contributed by atoms with Gasteiger partial charge in [-0.3, -0.25) is 0 Å². The summed E-state index contributed by atoms with van der Waals surface area (Å²) >= 11 is 0. The summed E-state index contributed by atoms with van der Waals surface area (Å²) in [4.78, 5) is 6.45. The molecule has 1 heterocycles. The average molecular weight is 202 g/mol. The molecule has 0 saturated heterocycles. The van der Waals surface area contributed by atoms with Crippen molar-refractivity contribution in [3.05, 3.63) is 17.8 Å². The zero-order valence-electron chi connectivity index (χ0n) is 8.77. The van der Waals surface area contributed by atoms with Gasteiger partial charge in [-0.25, -0.2) is 4.98 Å². The number of rotatable bonds is 3. The van der Waals surface area contributed by atoms with Crippen LogP contribution in [0.3, 0.4) is 0 Å². The van der Waals surface area contributed by atoms with Gasteiger partial charge < -0.3 is 10.6 Å². The van der Waals surface area contributed by atoms with Crippen LogP contribution < -0.4 is 10.6 Å². The summed E-state index contributed by atoms with van der Waals surface area (Å²) in [6, 6.07) is 4.30. The molecular weight excluding hydrogens is 188 g/mol. The average Bonchev–Trinajstić information content (AvgIpc) is 3.06. The lowest BCUT2D eigenvalue weighted by Gasteiger charge is -2.23. The molecule has 0 atom stereocenters. The Balaban J connectivity index is 2.38. The van der Waals surface area contributed by atoms with Gasteiger partial charge in [0.05, 0.1) is 11.3 Å². The third-order valence-corrected chi connectivity index (χ3v) is 2.69. The number of pyridine rings is 1. The number of anilines is 2. The van der Waals surface area contributed by atoms with E-state index in [2.05, 4.69) is 22.9 Å². The third-order valence-electron chi connectivity index (χ3n) is 2.69. The molecule has 0 unspecified atom stereocenters. The van der Waals surface area contributed by atoms with Crippen LogP contribution in [0.25, 0.3) is 0 Å². The third kappa shape index (κ3) is 1.73. The first-order valence-corrected chi connectivity index (χ1v) is 5.19. The molecule has 0 amide bonds. The molecule has 0 radical (unpaired) electrons. The largest absolute Gasteiger partial charge is 0.395 e. The summed E-state index contributed by atoms with van der Waals surface area (Å²) in [5.41, 5.74) is 6.93. The molecule has 0 aromatic carbocycles. The van der Waals surface area contributed by atoms with E-state index in [-0.39, 0.29) is 0 Å². The number of hydrogen-bond acceptors (Lipinski definition) is 4. The fourth-order valence-electron chi connectivity index (χ4n) is 1.76. The van der Waals surface area contributed by atoms with E-state index in [0.717, 1.165) is 12.4 Å². The number of nitrogens with zero attached hydrogens (tertiary/aromatic N) is 3. The Labute approximate surface area is 89.3 Å². The van der Waals surface area contributed by atoms with Gasteiger partial charge in [0.2, 0.25) is 0 Å². The molecule has 1 aliphatic carbocycles. The number of nitriles is 1. The second kappa shape index (κ2) is 3.77. The van der Waals surface area contributed by atoms with Crippen LogP contribution in [-0.4, -0.2) is 17.6 Å². The molecule has 1 fully saturated rings. The molecular formula is C11H14N4. The van der Waals surface area contributed by atoms with Crippen molar-refractivity contribution in [3.8, 4) is 6.07 Å². The normalized spacial score (nSPS) is 14.7. The lowest BCUT2D eigenvalue weighted by Crippen LogP contribution is -2.27. The molecule has 78 valence electrons. The van der Waals surface area contributed by atoms with Crippen LogP contribution in [0.2, 0.25) is 0 Å². The van der Waals surface area contributed by atoms with E-state index < -0.39 is 0 Å². The molecule has 2 rings (SSSR count). The highest BCUT2D eigenvalue weighted by molar-refractivity contribution is 5.70. The van der Waals surface area contributed by atoms with Crippen molar-refractivity contribution in [2.75, 3.05) is 17.2 Å². The van der Waals surface area contributed by atoms with Gasteiger partial charge in [0.15, 0.2) is 5.82 Å². The van der Waals surface area contributed by atoms with E-state index in [1.165, 1.54) is 12.8 Å². The molecule has 2 N–H and O–H groups in total. The van der Waals surface area contributed by atoms with Crippen LogP contribution in [0.5, 0.6) is 0 Å². The van der Waals surface area contributed by atoms with Crippen LogP contribution in [0, 0.1) is 11.3 Å². The van der Waals surface area contributed by atoms with E-state index in [0.29, 0.717) is 17.3 Å². The highest BCUT2D eigenvalue weighted by Gasteiger charge is 2.30. The van der Waals surface area contributed by atoms with E-state index in [1.807, 2.05) is 0 Å². The lowest BCUT2D eigenvalue weighted by atomic mass is 10.2. The molecule has 4 nitrogen and oxygen atoms in total. The number of nitrogen functional groups attached to an aromatic ring is 1. The SMILES string of the molecule is CCN(c1nccc(C#N)c1N)C1CC1. The summed E-state index contributed by atoms with van der Waals surface area (Å²) < 4.78 is 0. The molecule has 1 saturated carbocycles. The van der Waals surface area contributed by atoms with Crippen molar-refractivity contribution in [3.63, 3.8) is 0 Å². The molecule has 15 heavy (non-hydrogen) atoms. The van der Waals surface area contributed by atoms with Crippen LogP contribution in [-0.2, 0) is 0 Å². The number of hydrogen-bond donors (Lipinski definition) is 1. The Bertz CT molecular complexity index is 404. The van der Waals surface area contributed by atoms with Crippen LogP contribution in [0.4, 0.5) is 11.5 Å². The molecule has 1 aromatic rings. The smallest absolute Gasteiger partial charge is 0.153 e. The van der Waals surface area contributed by atoms with Gasteiger partial charge in [-0.05, 0) is 25.8 Å². The second-order valence-electron chi connectivity index (χ2n) is 3.72. The summed E-state index contributed by atoms with van der Waals surface area (Å²) in [6.07, 6.45) is 4.05. The van der Waals surface area contributed by atoms with Gasteiger partial charge in [0.25, 0.3) is 0 Å². The molecule has 0 spiro atoms. The topological polar surface area (TPSA) is 65.9 Å². The van der Waals surface area contributed by atoms with Crippen molar-refractivity contribution in [1.29, 1.82) is 5.26 Å². The Morgan fingerprint density at radius 2 is 2.40 bits per heavy atom. The first-order valence-electron chi connectivity index (χ1n) is 5.19. The fraction of sp³-hybridized carbons (Fsp3) is 0.455. The van der Waals surface area contributed by atoms with Gasteiger partial charge in [-0.1, -0.05) is 0 Å². The number of aromatic nitrogens is 1. The van der Waals surface area contributed by atoms with Gasteiger partial charge in [-0.15, -0.1) is 0 Å². The maximum Gasteiger partial charge on any atom is 0.153 e. The Hall–Kier alpha value is -1.76. The Morgan fingerprint density at radius 1 is 1.67 bits per heavy atom. The van der Waals surface area contributed by atoms with Crippen molar-refractivity contribution in [2.45, 2.75) is 25.8 Å². The minimum absolute atomic E-state index is 0.508. The van der Waals surface area contributed by atoms with Crippen molar-refractivity contribution in [2.24, 2.45) is 0 Å². The highest BCUT2D eigenvalue weighted by Crippen LogP contribution is 2.33. The lowest BCUT2D eigenvalue weighted by molar-refractivity contribution is 0.810. The summed E-state index contributed by atoms with van der Waals surface area (Å²) in [5, 5.41) is 8.88. The standard InChI is InChI=1S/C11H14N4/c1-2-15(9-3-4-9)11-10(13)8(7-12)5-6-14-11/h5-6,9H,2-4,13H2,1H3. The predicted octanol–water partition coefficient (Wildman–Crippen LogP) is 1.52. The summed E-state index contributed by atoms with van der Waals surface area (Å²) in [5.74, 6) is 0.763. The molecule has 1 aliphatic rings. The minimum Gasteiger partial charge on any atom is -0.395 e. The minimum atomic E-state index is 0.508. The first-order chi connectivity index (χ1) is 7.27. The molecule has 1 aromatic heterocycles. The highest BCUT2D eigenvalue weighted by atomic mass is 15.2. The van der Waals surface area contributed by atoms with Crippen molar-refractivity contribution < 1.29 is 0 Å². The van der Waals surface area contributed by atoms with E-state index in [1.54, 1.807) is 12.3 Å². The van der Waals surface area contributed by atoms with Crippen molar-refractivity contribution >= 4 is 11.5 Å². The van der Waals surface area contributed by atoms with Gasteiger partial charge in [-0.2, -0.15) is 5.26 Å². The van der Waals surface area contributed by atoms with E-state index in [4.69, 9.17) is 11.0 Å². The first kappa shape index (κ1) is 9.78. The van der Waals surface area contributed by atoms with Gasteiger partial charge >= 0.3 is 0 Å². The molecule has 0 bridgehead atoms. The quantitative estimate of drug-likeness (QED) is 0.807. The fourth-order valence-corrected chi connectivity index (χ4v) is 1.76. The second-order valence-corrected chi connectivity index (χ2v) is 3.72. The Kier molecular flexibility index (Phi) is 2.46. The van der Waals surface area contributed by atoms with Crippen LogP contribution in [0.15, 0.2) is 12.3 Å². The summed E-state index contributed by atoms with van der Waals surface area (Å²) in [7, 11) is 0. The van der Waals surface area contributed by atoms with Crippen LogP contribution >= 0.6 is 0 Å².